The Balaban J connectivity index is 3.18. The van der Waals surface area contributed by atoms with E-state index in [2.05, 4.69) is 0 Å². The summed E-state index contributed by atoms with van der Waals surface area (Å²) in [6, 6.07) is 2.21. The van der Waals surface area contributed by atoms with Crippen LogP contribution >= 0.6 is 11.6 Å². The van der Waals surface area contributed by atoms with Gasteiger partial charge in [-0.25, -0.2) is 8.78 Å². The summed E-state index contributed by atoms with van der Waals surface area (Å²) in [4.78, 5) is 10.3. The van der Waals surface area contributed by atoms with Crippen LogP contribution in [-0.4, -0.2) is 11.1 Å². The molecule has 0 spiro atoms. The second-order valence-corrected chi connectivity index (χ2v) is 2.97. The largest absolute Gasteiger partial charge is 0.481 e. The van der Waals surface area contributed by atoms with Crippen molar-refractivity contribution >= 4 is 17.6 Å². The quantitative estimate of drug-likeness (QED) is 0.794. The van der Waals surface area contributed by atoms with Gasteiger partial charge in [-0.05, 0) is 6.07 Å². The minimum atomic E-state index is -1.28. The average molecular weight is 221 g/mol. The van der Waals surface area contributed by atoms with Gasteiger partial charge in [0.1, 0.15) is 11.6 Å². The summed E-state index contributed by atoms with van der Waals surface area (Å²) in [5.74, 6) is -3.13. The molecule has 76 valence electrons. The van der Waals surface area contributed by atoms with Crippen molar-refractivity contribution in [3.05, 3.63) is 34.9 Å². The lowest BCUT2D eigenvalue weighted by Gasteiger charge is -2.05. The highest BCUT2D eigenvalue weighted by molar-refractivity contribution is 6.17. The van der Waals surface area contributed by atoms with Gasteiger partial charge in [-0.1, -0.05) is 6.07 Å². The van der Waals surface area contributed by atoms with Crippen molar-refractivity contribution in [3.63, 3.8) is 0 Å². The van der Waals surface area contributed by atoms with E-state index in [9.17, 15) is 13.6 Å². The topological polar surface area (TPSA) is 37.3 Å². The van der Waals surface area contributed by atoms with Crippen molar-refractivity contribution in [1.29, 1.82) is 0 Å². The Morgan fingerprint density at radius 2 is 2.07 bits per heavy atom. The van der Waals surface area contributed by atoms with Crippen LogP contribution in [0.4, 0.5) is 8.78 Å². The van der Waals surface area contributed by atoms with E-state index in [1.54, 1.807) is 0 Å². The Morgan fingerprint density at radius 1 is 1.43 bits per heavy atom. The number of carbonyl (C=O) groups is 1. The van der Waals surface area contributed by atoms with Gasteiger partial charge in [-0.15, -0.1) is 11.6 Å². The molecule has 0 atom stereocenters. The second kappa shape index (κ2) is 4.37. The van der Waals surface area contributed by atoms with E-state index in [1.165, 1.54) is 6.07 Å². The average Bonchev–Trinajstić information content (AvgIpc) is 2.12. The van der Waals surface area contributed by atoms with E-state index in [1.807, 2.05) is 0 Å². The lowest BCUT2D eigenvalue weighted by Crippen LogP contribution is -2.07. The zero-order valence-electron chi connectivity index (χ0n) is 7.06. The summed E-state index contributed by atoms with van der Waals surface area (Å²) in [7, 11) is 0. The van der Waals surface area contributed by atoms with E-state index >= 15 is 0 Å². The Morgan fingerprint density at radius 3 is 2.57 bits per heavy atom. The van der Waals surface area contributed by atoms with Gasteiger partial charge in [0.25, 0.3) is 0 Å². The number of benzene rings is 1. The maximum Gasteiger partial charge on any atom is 0.308 e. The lowest BCUT2D eigenvalue weighted by atomic mass is 10.1. The molecule has 0 aromatic heterocycles. The zero-order chi connectivity index (χ0) is 10.7. The molecule has 0 radical (unpaired) electrons. The molecule has 0 heterocycles. The normalized spacial score (nSPS) is 10.2. The molecule has 0 bridgehead atoms. The van der Waals surface area contributed by atoms with Crippen molar-refractivity contribution < 1.29 is 18.7 Å². The van der Waals surface area contributed by atoms with E-state index < -0.39 is 29.6 Å². The molecule has 1 rings (SSSR count). The summed E-state index contributed by atoms with van der Waals surface area (Å²) in [6.07, 6.45) is -0.678. The van der Waals surface area contributed by atoms with Crippen LogP contribution in [0.25, 0.3) is 0 Å². The fraction of sp³-hybridized carbons (Fsp3) is 0.222. The van der Waals surface area contributed by atoms with Crippen LogP contribution in [0.5, 0.6) is 0 Å². The van der Waals surface area contributed by atoms with Crippen LogP contribution in [0.1, 0.15) is 11.1 Å². The first-order valence-corrected chi connectivity index (χ1v) is 4.33. The number of halogens is 3. The van der Waals surface area contributed by atoms with E-state index in [0.717, 1.165) is 6.07 Å². The lowest BCUT2D eigenvalue weighted by molar-refractivity contribution is -0.136. The van der Waals surface area contributed by atoms with Gasteiger partial charge in [0, 0.05) is 11.1 Å². The van der Waals surface area contributed by atoms with Crippen LogP contribution in [-0.2, 0) is 17.1 Å². The zero-order valence-corrected chi connectivity index (χ0v) is 7.81. The molecule has 0 aliphatic heterocycles. The Hall–Kier alpha value is -1.16. The molecule has 0 unspecified atom stereocenters. The molecule has 0 fully saturated rings. The molecule has 1 N–H and O–H groups in total. The first-order chi connectivity index (χ1) is 6.56. The summed E-state index contributed by atoms with van der Waals surface area (Å²) < 4.78 is 26.3. The first kappa shape index (κ1) is 10.9. The molecule has 1 aromatic rings. The monoisotopic (exact) mass is 220 g/mol. The van der Waals surface area contributed by atoms with Gasteiger partial charge in [-0.2, -0.15) is 0 Å². The fourth-order valence-corrected chi connectivity index (χ4v) is 1.27. The number of rotatable bonds is 3. The predicted molar refractivity (Wildman–Crippen MR) is 47.3 cm³/mol. The van der Waals surface area contributed by atoms with Crippen LogP contribution < -0.4 is 0 Å². The SMILES string of the molecule is O=C(O)Cc1c(F)ccc(CCl)c1F. The minimum Gasteiger partial charge on any atom is -0.481 e. The molecule has 0 saturated heterocycles. The second-order valence-electron chi connectivity index (χ2n) is 2.70. The molecular weight excluding hydrogens is 214 g/mol. The van der Waals surface area contributed by atoms with Crippen molar-refractivity contribution in [2.75, 3.05) is 0 Å². The highest BCUT2D eigenvalue weighted by atomic mass is 35.5. The van der Waals surface area contributed by atoms with E-state index in [4.69, 9.17) is 16.7 Å². The maximum atomic E-state index is 13.3. The third-order valence-corrected chi connectivity index (χ3v) is 2.03. The predicted octanol–water partition coefficient (Wildman–Crippen LogP) is 2.33. The molecule has 1 aromatic carbocycles. The van der Waals surface area contributed by atoms with Gasteiger partial charge >= 0.3 is 5.97 Å². The molecule has 2 nitrogen and oxygen atoms in total. The van der Waals surface area contributed by atoms with Crippen LogP contribution in [0.15, 0.2) is 12.1 Å². The van der Waals surface area contributed by atoms with Gasteiger partial charge in [-0.3, -0.25) is 4.79 Å². The third kappa shape index (κ3) is 2.20. The summed E-state index contributed by atoms with van der Waals surface area (Å²) >= 11 is 5.38. The molecule has 0 aliphatic rings. The van der Waals surface area contributed by atoms with Crippen molar-refractivity contribution in [3.8, 4) is 0 Å². The van der Waals surface area contributed by atoms with Gasteiger partial charge in [0.2, 0.25) is 0 Å². The molecule has 0 aliphatic carbocycles. The van der Waals surface area contributed by atoms with Gasteiger partial charge in [0.05, 0.1) is 12.3 Å². The highest BCUT2D eigenvalue weighted by Crippen LogP contribution is 2.18. The number of alkyl halides is 1. The van der Waals surface area contributed by atoms with E-state index in [0.29, 0.717) is 0 Å². The van der Waals surface area contributed by atoms with Gasteiger partial charge in [0.15, 0.2) is 0 Å². The number of carboxylic acid groups (broad SMARTS) is 1. The molecule has 0 saturated carbocycles. The van der Waals surface area contributed by atoms with Gasteiger partial charge < -0.3 is 5.11 Å². The van der Waals surface area contributed by atoms with Crippen molar-refractivity contribution in [2.24, 2.45) is 0 Å². The maximum absolute atomic E-state index is 13.3. The minimum absolute atomic E-state index is 0.101. The standard InChI is InChI=1S/C9H7ClF2O2/c10-4-5-1-2-7(11)6(9(5)12)3-8(13)14/h1-2H,3-4H2,(H,13,14). The Labute approximate surface area is 84.1 Å². The number of hydrogen-bond donors (Lipinski definition) is 1. The smallest absolute Gasteiger partial charge is 0.308 e. The van der Waals surface area contributed by atoms with E-state index in [-0.39, 0.29) is 11.4 Å². The first-order valence-electron chi connectivity index (χ1n) is 3.79. The summed E-state index contributed by atoms with van der Waals surface area (Å²) in [5.41, 5.74) is -0.347. The Bertz CT molecular complexity index is 366. The van der Waals surface area contributed by atoms with Crippen LogP contribution in [0, 0.1) is 11.6 Å². The molecule has 5 heteroatoms. The fourth-order valence-electron chi connectivity index (χ4n) is 1.06. The highest BCUT2D eigenvalue weighted by Gasteiger charge is 2.15. The Kier molecular flexibility index (Phi) is 3.41. The number of hydrogen-bond acceptors (Lipinski definition) is 1. The summed E-state index contributed by atoms with van der Waals surface area (Å²) in [5, 5.41) is 8.41. The molecule has 0 amide bonds. The molecule has 14 heavy (non-hydrogen) atoms. The van der Waals surface area contributed by atoms with Crippen molar-refractivity contribution in [1.82, 2.24) is 0 Å². The number of carboxylic acids is 1. The molecular formula is C9H7ClF2O2. The van der Waals surface area contributed by atoms with Crippen LogP contribution in [0.3, 0.4) is 0 Å². The summed E-state index contributed by atoms with van der Waals surface area (Å²) in [6.45, 7) is 0. The third-order valence-electron chi connectivity index (χ3n) is 1.74. The van der Waals surface area contributed by atoms with Crippen LogP contribution in [0.2, 0.25) is 0 Å². The van der Waals surface area contributed by atoms with Crippen molar-refractivity contribution in [2.45, 2.75) is 12.3 Å². The number of aliphatic carboxylic acids is 1.